The molecule has 1 fully saturated rings. The molecule has 142 valence electrons. The Labute approximate surface area is 160 Å². The highest BCUT2D eigenvalue weighted by molar-refractivity contribution is 5.86. The molecule has 0 aliphatic heterocycles. The maximum atomic E-state index is 14.6. The molecule has 4 rings (SSSR count). The SMILES string of the molecule is Cc1c(-c2ccc(CNCCC3CCCCC3)c(F)c2)ccc2nc[nH]c12. The number of aromatic nitrogens is 2. The van der Waals surface area contributed by atoms with E-state index in [4.69, 9.17) is 0 Å². The number of hydrogen-bond donors (Lipinski definition) is 2. The summed E-state index contributed by atoms with van der Waals surface area (Å²) in [6, 6.07) is 9.59. The average molecular weight is 365 g/mol. The molecule has 0 spiro atoms. The van der Waals surface area contributed by atoms with Gasteiger partial charge in [0, 0.05) is 12.1 Å². The summed E-state index contributed by atoms with van der Waals surface area (Å²) in [5, 5.41) is 3.43. The van der Waals surface area contributed by atoms with Gasteiger partial charge in [-0.15, -0.1) is 0 Å². The van der Waals surface area contributed by atoms with Gasteiger partial charge in [0.2, 0.25) is 0 Å². The molecule has 1 aliphatic carbocycles. The van der Waals surface area contributed by atoms with Crippen molar-refractivity contribution in [3.8, 4) is 11.1 Å². The van der Waals surface area contributed by atoms with Crippen LogP contribution in [0.5, 0.6) is 0 Å². The predicted octanol–water partition coefficient (Wildman–Crippen LogP) is 5.74. The standard InChI is InChI=1S/C23H28FN3/c1-16-20(9-10-22-23(16)27-15-26-22)18-7-8-19(21(24)13-18)14-25-12-11-17-5-3-2-4-6-17/h7-10,13,15,17,25H,2-6,11-12,14H2,1H3,(H,26,27). The van der Waals surface area contributed by atoms with Gasteiger partial charge in [-0.25, -0.2) is 9.37 Å². The van der Waals surface area contributed by atoms with Crippen LogP contribution in [0.25, 0.3) is 22.2 Å². The van der Waals surface area contributed by atoms with Crippen LogP contribution >= 0.6 is 0 Å². The van der Waals surface area contributed by atoms with Crippen LogP contribution in [0, 0.1) is 18.7 Å². The van der Waals surface area contributed by atoms with Crippen LogP contribution in [0.4, 0.5) is 4.39 Å². The average Bonchev–Trinajstić information content (AvgIpc) is 3.17. The number of aromatic amines is 1. The van der Waals surface area contributed by atoms with Crippen LogP contribution in [0.1, 0.15) is 49.7 Å². The van der Waals surface area contributed by atoms with E-state index in [-0.39, 0.29) is 5.82 Å². The van der Waals surface area contributed by atoms with Crippen LogP contribution in [-0.2, 0) is 6.54 Å². The third-order valence-electron chi connectivity index (χ3n) is 5.99. The van der Waals surface area contributed by atoms with Gasteiger partial charge in [-0.05, 0) is 54.6 Å². The summed E-state index contributed by atoms with van der Waals surface area (Å²) in [4.78, 5) is 7.45. The van der Waals surface area contributed by atoms with Crippen molar-refractivity contribution in [2.75, 3.05) is 6.54 Å². The summed E-state index contributed by atoms with van der Waals surface area (Å²) in [5.41, 5.74) is 5.75. The second kappa shape index (κ2) is 8.22. The fourth-order valence-corrected chi connectivity index (χ4v) is 4.33. The normalized spacial score (nSPS) is 15.5. The number of halogens is 1. The first-order valence-electron chi connectivity index (χ1n) is 10.1. The first kappa shape index (κ1) is 18.2. The minimum atomic E-state index is -0.137. The summed E-state index contributed by atoms with van der Waals surface area (Å²) in [7, 11) is 0. The van der Waals surface area contributed by atoms with Crippen molar-refractivity contribution in [3.05, 3.63) is 53.6 Å². The molecule has 2 aromatic carbocycles. The molecule has 0 radical (unpaired) electrons. The van der Waals surface area contributed by atoms with E-state index in [1.807, 2.05) is 24.3 Å². The van der Waals surface area contributed by atoms with Gasteiger partial charge in [0.15, 0.2) is 0 Å². The first-order chi connectivity index (χ1) is 13.2. The third kappa shape index (κ3) is 4.06. The quantitative estimate of drug-likeness (QED) is 0.547. The van der Waals surface area contributed by atoms with Gasteiger partial charge in [0.25, 0.3) is 0 Å². The van der Waals surface area contributed by atoms with Gasteiger partial charge < -0.3 is 10.3 Å². The molecule has 0 unspecified atom stereocenters. The lowest BCUT2D eigenvalue weighted by Gasteiger charge is -2.21. The van der Waals surface area contributed by atoms with E-state index >= 15 is 0 Å². The van der Waals surface area contributed by atoms with Crippen LogP contribution in [-0.4, -0.2) is 16.5 Å². The smallest absolute Gasteiger partial charge is 0.128 e. The second-order valence-corrected chi connectivity index (χ2v) is 7.81. The second-order valence-electron chi connectivity index (χ2n) is 7.81. The zero-order valence-corrected chi connectivity index (χ0v) is 16.0. The molecular weight excluding hydrogens is 337 g/mol. The maximum absolute atomic E-state index is 14.6. The number of nitrogens with zero attached hydrogens (tertiary/aromatic N) is 1. The molecule has 4 heteroatoms. The van der Waals surface area contributed by atoms with Crippen molar-refractivity contribution in [1.29, 1.82) is 0 Å². The van der Waals surface area contributed by atoms with E-state index in [2.05, 4.69) is 22.2 Å². The van der Waals surface area contributed by atoms with Crippen molar-refractivity contribution in [1.82, 2.24) is 15.3 Å². The van der Waals surface area contributed by atoms with Crippen molar-refractivity contribution in [3.63, 3.8) is 0 Å². The molecule has 27 heavy (non-hydrogen) atoms. The van der Waals surface area contributed by atoms with Gasteiger partial charge in [-0.1, -0.05) is 50.3 Å². The number of benzene rings is 2. The Morgan fingerprint density at radius 2 is 2.00 bits per heavy atom. The zero-order chi connectivity index (χ0) is 18.6. The number of hydrogen-bond acceptors (Lipinski definition) is 2. The number of aryl methyl sites for hydroxylation is 1. The van der Waals surface area contributed by atoms with Gasteiger partial charge >= 0.3 is 0 Å². The Morgan fingerprint density at radius 3 is 2.81 bits per heavy atom. The van der Waals surface area contributed by atoms with E-state index in [1.54, 1.807) is 12.4 Å². The Morgan fingerprint density at radius 1 is 1.15 bits per heavy atom. The van der Waals surface area contributed by atoms with Gasteiger partial charge in [0.05, 0.1) is 17.4 Å². The fourth-order valence-electron chi connectivity index (χ4n) is 4.33. The zero-order valence-electron chi connectivity index (χ0n) is 16.0. The Hall–Kier alpha value is -2.20. The van der Waals surface area contributed by atoms with Crippen molar-refractivity contribution < 1.29 is 4.39 Å². The largest absolute Gasteiger partial charge is 0.344 e. The highest BCUT2D eigenvalue weighted by Gasteiger charge is 2.13. The summed E-state index contributed by atoms with van der Waals surface area (Å²) >= 11 is 0. The number of rotatable bonds is 6. The molecular formula is C23H28FN3. The lowest BCUT2D eigenvalue weighted by molar-refractivity contribution is 0.333. The molecule has 0 atom stereocenters. The molecule has 1 aromatic heterocycles. The van der Waals surface area contributed by atoms with Crippen LogP contribution in [0.3, 0.4) is 0 Å². The van der Waals surface area contributed by atoms with E-state index in [1.165, 1.54) is 38.5 Å². The molecule has 0 saturated heterocycles. The van der Waals surface area contributed by atoms with Crippen LogP contribution < -0.4 is 5.32 Å². The summed E-state index contributed by atoms with van der Waals surface area (Å²) in [6.45, 7) is 3.62. The van der Waals surface area contributed by atoms with Crippen LogP contribution in [0.15, 0.2) is 36.7 Å². The van der Waals surface area contributed by atoms with Crippen LogP contribution in [0.2, 0.25) is 0 Å². The molecule has 1 saturated carbocycles. The van der Waals surface area contributed by atoms with Crippen molar-refractivity contribution in [2.45, 2.75) is 52.0 Å². The number of imidazole rings is 1. The Balaban J connectivity index is 1.40. The Bertz CT molecular complexity index is 909. The highest BCUT2D eigenvalue weighted by Crippen LogP contribution is 2.29. The van der Waals surface area contributed by atoms with Crippen molar-refractivity contribution in [2.24, 2.45) is 5.92 Å². The lowest BCUT2D eigenvalue weighted by atomic mass is 9.87. The number of H-pyrrole nitrogens is 1. The van der Waals surface area contributed by atoms with E-state index in [0.717, 1.165) is 45.7 Å². The summed E-state index contributed by atoms with van der Waals surface area (Å²) < 4.78 is 14.6. The van der Waals surface area contributed by atoms with Gasteiger partial charge in [-0.2, -0.15) is 0 Å². The molecule has 1 aliphatic rings. The third-order valence-corrected chi connectivity index (χ3v) is 5.99. The van der Waals surface area contributed by atoms with E-state index in [0.29, 0.717) is 6.54 Å². The molecule has 1 heterocycles. The first-order valence-corrected chi connectivity index (χ1v) is 10.1. The molecule has 2 N–H and O–H groups in total. The minimum absolute atomic E-state index is 0.137. The monoisotopic (exact) mass is 365 g/mol. The predicted molar refractivity (Wildman–Crippen MR) is 109 cm³/mol. The Kier molecular flexibility index (Phi) is 5.53. The molecule has 3 aromatic rings. The van der Waals surface area contributed by atoms with Gasteiger partial charge in [-0.3, -0.25) is 0 Å². The summed E-state index contributed by atoms with van der Waals surface area (Å²) in [6.07, 6.45) is 9.80. The molecule has 0 bridgehead atoms. The highest BCUT2D eigenvalue weighted by atomic mass is 19.1. The molecule has 3 nitrogen and oxygen atoms in total. The topological polar surface area (TPSA) is 40.7 Å². The lowest BCUT2D eigenvalue weighted by Crippen LogP contribution is -2.19. The van der Waals surface area contributed by atoms with E-state index in [9.17, 15) is 4.39 Å². The van der Waals surface area contributed by atoms with Gasteiger partial charge in [0.1, 0.15) is 5.82 Å². The minimum Gasteiger partial charge on any atom is -0.344 e. The van der Waals surface area contributed by atoms with E-state index < -0.39 is 0 Å². The summed E-state index contributed by atoms with van der Waals surface area (Å²) in [5.74, 6) is 0.723. The number of fused-ring (bicyclic) bond motifs is 1. The molecule has 0 amide bonds. The number of nitrogens with one attached hydrogen (secondary N) is 2. The van der Waals surface area contributed by atoms with Crippen molar-refractivity contribution >= 4 is 11.0 Å². The maximum Gasteiger partial charge on any atom is 0.128 e. The fraction of sp³-hybridized carbons (Fsp3) is 0.435.